The molecule has 0 fully saturated rings. The summed E-state index contributed by atoms with van der Waals surface area (Å²) < 4.78 is 36.7. The lowest BCUT2D eigenvalue weighted by Gasteiger charge is -2.46. The highest BCUT2D eigenvalue weighted by Crippen LogP contribution is 2.41. The van der Waals surface area contributed by atoms with Crippen molar-refractivity contribution in [2.75, 3.05) is 46.4 Å². The molecule has 0 aromatic heterocycles. The van der Waals surface area contributed by atoms with Crippen LogP contribution in [0.15, 0.2) is 0 Å². The second kappa shape index (κ2) is 15.5. The Bertz CT molecular complexity index is 369. The number of rotatable bonds is 19. The molecular formula is C19H42O6S2Si. The minimum atomic E-state index is -3.38. The average molecular weight is 459 g/mol. The molecule has 0 radical (unpaired) electrons. The average Bonchev–Trinajstić information content (AvgIpc) is 2.71. The van der Waals surface area contributed by atoms with Crippen molar-refractivity contribution in [1.29, 1.82) is 0 Å². The molecule has 0 amide bonds. The van der Waals surface area contributed by atoms with E-state index in [2.05, 4.69) is 33.4 Å². The molecular weight excluding hydrogens is 416 g/mol. The van der Waals surface area contributed by atoms with Crippen LogP contribution in [0, 0.1) is 0 Å². The molecule has 0 spiro atoms. The van der Waals surface area contributed by atoms with E-state index in [9.17, 15) is 0 Å². The van der Waals surface area contributed by atoms with Crippen molar-refractivity contribution in [2.45, 2.75) is 76.6 Å². The van der Waals surface area contributed by atoms with E-state index >= 15 is 0 Å². The summed E-state index contributed by atoms with van der Waals surface area (Å²) in [6.07, 6.45) is 4.45. The monoisotopic (exact) mass is 458 g/mol. The summed E-state index contributed by atoms with van der Waals surface area (Å²) in [7, 11) is -0.201. The number of ether oxygens (including phenoxy) is 3. The van der Waals surface area contributed by atoms with Gasteiger partial charge in [-0.05, 0) is 44.8 Å². The third kappa shape index (κ3) is 8.43. The topological polar surface area (TPSA) is 55.4 Å². The normalized spacial score (nSPS) is 15.0. The SMILES string of the molecule is CCCOC(S)(CCCS)CC(OCCC)(OCCC)[Si](OC)(OC)OCC. The summed E-state index contributed by atoms with van der Waals surface area (Å²) in [5, 5.41) is 0. The molecule has 0 rings (SSSR count). The first-order valence-electron chi connectivity index (χ1n) is 10.4. The molecule has 0 aromatic rings. The van der Waals surface area contributed by atoms with E-state index in [4.69, 9.17) is 40.1 Å². The Hall–Kier alpha value is 0.677. The summed E-state index contributed by atoms with van der Waals surface area (Å²) in [5.41, 5.74) is -1.20. The molecule has 0 saturated heterocycles. The summed E-state index contributed by atoms with van der Waals surface area (Å²) in [6.45, 7) is 10.1. The van der Waals surface area contributed by atoms with Crippen LogP contribution in [0.1, 0.15) is 66.2 Å². The van der Waals surface area contributed by atoms with Gasteiger partial charge in [0.2, 0.25) is 5.41 Å². The van der Waals surface area contributed by atoms with E-state index in [1.54, 1.807) is 14.2 Å². The standard InChI is InChI=1S/C19H42O6S2Si/c1-7-13-22-18(27,12-11-16-26)17-19(23-14-8-2,24-15-9-3)28(20-5,21-6)25-10-4/h26-27H,7-17H2,1-6H3. The predicted octanol–water partition coefficient (Wildman–Crippen LogP) is 4.50. The third-order valence-corrected chi connectivity index (χ3v) is 8.20. The van der Waals surface area contributed by atoms with Gasteiger partial charge in [-0.15, -0.1) is 12.6 Å². The molecule has 28 heavy (non-hydrogen) atoms. The largest absolute Gasteiger partial charge is 0.563 e. The number of hydrogen-bond acceptors (Lipinski definition) is 8. The molecule has 6 nitrogen and oxygen atoms in total. The van der Waals surface area contributed by atoms with Gasteiger partial charge in [0.1, 0.15) is 4.93 Å². The lowest BCUT2D eigenvalue weighted by atomic mass is 10.1. The van der Waals surface area contributed by atoms with Crippen LogP contribution in [0.25, 0.3) is 0 Å². The van der Waals surface area contributed by atoms with Gasteiger partial charge in [-0.2, -0.15) is 12.6 Å². The van der Waals surface area contributed by atoms with E-state index in [1.807, 2.05) is 6.92 Å². The first-order valence-corrected chi connectivity index (χ1v) is 13.2. The molecule has 0 bridgehead atoms. The second-order valence-electron chi connectivity index (χ2n) is 6.65. The van der Waals surface area contributed by atoms with Crippen molar-refractivity contribution in [3.8, 4) is 0 Å². The maximum absolute atomic E-state index is 6.35. The maximum Gasteiger partial charge on any atom is 0.563 e. The van der Waals surface area contributed by atoms with Gasteiger partial charge < -0.3 is 27.5 Å². The van der Waals surface area contributed by atoms with Gasteiger partial charge in [-0.25, -0.2) is 0 Å². The van der Waals surface area contributed by atoms with Crippen LogP contribution in [-0.4, -0.2) is 65.5 Å². The fourth-order valence-electron chi connectivity index (χ4n) is 3.00. The molecule has 1 unspecified atom stereocenters. The highest BCUT2D eigenvalue weighted by molar-refractivity contribution is 7.81. The molecule has 0 aliphatic heterocycles. The Balaban J connectivity index is 6.16. The van der Waals surface area contributed by atoms with E-state index < -0.39 is 19.1 Å². The van der Waals surface area contributed by atoms with Crippen molar-refractivity contribution in [2.24, 2.45) is 0 Å². The third-order valence-electron chi connectivity index (χ3n) is 4.23. The van der Waals surface area contributed by atoms with Crippen molar-refractivity contribution in [3.63, 3.8) is 0 Å². The molecule has 9 heteroatoms. The Morgan fingerprint density at radius 3 is 1.71 bits per heavy atom. The van der Waals surface area contributed by atoms with E-state index in [-0.39, 0.29) is 0 Å². The number of thiol groups is 2. The van der Waals surface area contributed by atoms with Gasteiger partial charge in [0.25, 0.3) is 0 Å². The Morgan fingerprint density at radius 1 is 0.821 bits per heavy atom. The van der Waals surface area contributed by atoms with Crippen LogP contribution in [0.4, 0.5) is 0 Å². The predicted molar refractivity (Wildman–Crippen MR) is 122 cm³/mol. The smallest absolute Gasteiger partial charge is 0.374 e. The van der Waals surface area contributed by atoms with Crippen molar-refractivity contribution < 1.29 is 27.5 Å². The minimum Gasteiger partial charge on any atom is -0.374 e. The van der Waals surface area contributed by atoms with Crippen LogP contribution >= 0.6 is 25.3 Å². The summed E-state index contributed by atoms with van der Waals surface area (Å²) in [5.74, 6) is 0.749. The van der Waals surface area contributed by atoms with Crippen molar-refractivity contribution in [1.82, 2.24) is 0 Å². The Morgan fingerprint density at radius 2 is 1.32 bits per heavy atom. The first kappa shape index (κ1) is 28.7. The van der Waals surface area contributed by atoms with E-state index in [0.717, 1.165) is 31.4 Å². The summed E-state index contributed by atoms with van der Waals surface area (Å²) >= 11 is 9.30. The van der Waals surface area contributed by atoms with E-state index in [1.165, 1.54) is 0 Å². The number of hydrogen-bond donors (Lipinski definition) is 2. The van der Waals surface area contributed by atoms with Gasteiger partial charge in [-0.3, -0.25) is 0 Å². The molecule has 170 valence electrons. The zero-order valence-corrected chi connectivity index (χ0v) is 21.4. The zero-order chi connectivity index (χ0) is 21.5. The fourth-order valence-corrected chi connectivity index (χ4v) is 6.45. The Kier molecular flexibility index (Phi) is 15.8. The maximum atomic E-state index is 6.35. The van der Waals surface area contributed by atoms with Crippen LogP contribution < -0.4 is 0 Å². The van der Waals surface area contributed by atoms with Gasteiger partial charge in [0, 0.05) is 47.1 Å². The van der Waals surface area contributed by atoms with Gasteiger partial charge >= 0.3 is 8.80 Å². The first-order chi connectivity index (χ1) is 13.4. The van der Waals surface area contributed by atoms with Crippen LogP contribution in [-0.2, 0) is 27.5 Å². The summed E-state index contributed by atoms with van der Waals surface area (Å²) in [6, 6.07) is 0. The molecule has 1 atom stereocenters. The molecule has 0 aliphatic carbocycles. The Labute approximate surface area is 184 Å². The van der Waals surface area contributed by atoms with Gasteiger partial charge in [0.15, 0.2) is 0 Å². The lowest BCUT2D eigenvalue weighted by Crippen LogP contribution is -2.69. The summed E-state index contributed by atoms with van der Waals surface area (Å²) in [4.78, 5) is -0.771. The highest BCUT2D eigenvalue weighted by atomic mass is 32.1. The lowest BCUT2D eigenvalue weighted by molar-refractivity contribution is -0.240. The zero-order valence-electron chi connectivity index (χ0n) is 18.6. The van der Waals surface area contributed by atoms with Crippen molar-refractivity contribution >= 4 is 34.1 Å². The highest BCUT2D eigenvalue weighted by Gasteiger charge is 2.65. The molecule has 0 saturated carbocycles. The molecule has 0 heterocycles. The van der Waals surface area contributed by atoms with Gasteiger partial charge in [-0.1, -0.05) is 20.8 Å². The second-order valence-corrected chi connectivity index (χ2v) is 10.9. The molecule has 0 aliphatic rings. The van der Waals surface area contributed by atoms with Crippen LogP contribution in [0.5, 0.6) is 0 Å². The van der Waals surface area contributed by atoms with Crippen molar-refractivity contribution in [3.05, 3.63) is 0 Å². The van der Waals surface area contributed by atoms with Gasteiger partial charge in [0.05, 0.1) is 0 Å². The van der Waals surface area contributed by atoms with Crippen LogP contribution in [0.2, 0.25) is 0 Å². The molecule has 0 aromatic carbocycles. The van der Waals surface area contributed by atoms with E-state index in [0.29, 0.717) is 39.3 Å². The van der Waals surface area contributed by atoms with Crippen LogP contribution in [0.3, 0.4) is 0 Å². The minimum absolute atomic E-state index is 0.338. The quantitative estimate of drug-likeness (QED) is 0.169. The fraction of sp³-hybridized carbons (Fsp3) is 1.00. The molecule has 0 N–H and O–H groups in total.